The zero-order chi connectivity index (χ0) is 25.4. The largest absolute Gasteiger partial charge is 0.673 e. The molecule has 4 rings (SSSR count). The van der Waals surface area contributed by atoms with Crippen LogP contribution in [-0.2, 0) is 0 Å². The van der Waals surface area contributed by atoms with Crippen molar-refractivity contribution in [3.05, 3.63) is 72.8 Å². The second-order valence-electron chi connectivity index (χ2n) is 6.94. The molecular formula is C24H21BF4N2O4. The maximum atomic E-state index is 9.75. The van der Waals surface area contributed by atoms with Gasteiger partial charge in [-0.05, 0) is 72.8 Å². The summed E-state index contributed by atoms with van der Waals surface area (Å²) in [6.07, 6.45) is 0. The van der Waals surface area contributed by atoms with E-state index in [9.17, 15) is 17.3 Å². The zero-order valence-electron chi connectivity index (χ0n) is 19.0. The average molecular weight is 488 g/mol. The molecule has 0 radical (unpaired) electrons. The van der Waals surface area contributed by atoms with E-state index in [2.05, 4.69) is 9.97 Å². The second-order valence-corrected chi connectivity index (χ2v) is 6.94. The van der Waals surface area contributed by atoms with Crippen LogP contribution in [0.1, 0.15) is 0 Å². The van der Waals surface area contributed by atoms with Gasteiger partial charge in [-0.1, -0.05) is 0 Å². The molecule has 3 aromatic carbocycles. The highest BCUT2D eigenvalue weighted by Crippen LogP contribution is 2.30. The van der Waals surface area contributed by atoms with Crippen LogP contribution >= 0.6 is 0 Å². The molecule has 0 bridgehead atoms. The average Bonchev–Trinajstić information content (AvgIpc) is 2.87. The van der Waals surface area contributed by atoms with Crippen LogP contribution in [-0.4, -0.2) is 38.6 Å². The van der Waals surface area contributed by atoms with E-state index in [-0.39, 0.29) is 0 Å². The van der Waals surface area contributed by atoms with Gasteiger partial charge in [-0.25, -0.2) is 0 Å². The molecule has 1 aromatic heterocycles. The highest BCUT2D eigenvalue weighted by Gasteiger charge is 2.24. The number of rotatable bonds is 6. The Hall–Kier alpha value is -4.15. The Kier molecular flexibility index (Phi) is 8.24. The van der Waals surface area contributed by atoms with Crippen molar-refractivity contribution in [3.8, 4) is 51.5 Å². The van der Waals surface area contributed by atoms with E-state index in [0.29, 0.717) is 17.6 Å². The molecule has 11 heteroatoms. The van der Waals surface area contributed by atoms with Crippen LogP contribution in [0.25, 0.3) is 34.3 Å². The Morgan fingerprint density at radius 1 is 0.543 bits per heavy atom. The number of nitrogens with zero attached hydrogens (tertiary/aromatic N) is 2. The first-order valence-electron chi connectivity index (χ1n) is 10.2. The van der Waals surface area contributed by atoms with Gasteiger partial charge in [0.1, 0.15) is 28.4 Å². The molecule has 4 aromatic rings. The van der Waals surface area contributed by atoms with Gasteiger partial charge in [0.05, 0.1) is 21.3 Å². The number of methoxy groups -OCH3 is 3. The minimum atomic E-state index is -6.00. The molecule has 1 heterocycles. The summed E-state index contributed by atoms with van der Waals surface area (Å²) >= 11 is 0. The van der Waals surface area contributed by atoms with Crippen molar-refractivity contribution < 1.29 is 35.9 Å². The topological polar surface area (TPSA) is 64.8 Å². The Bertz CT molecular complexity index is 1070. The summed E-state index contributed by atoms with van der Waals surface area (Å²) in [5.41, 5.74) is 2.50. The summed E-state index contributed by atoms with van der Waals surface area (Å²) in [4.78, 5) is 9.32. The van der Waals surface area contributed by atoms with Gasteiger partial charge < -0.3 is 31.5 Å². The van der Waals surface area contributed by atoms with E-state index < -0.39 is 7.25 Å². The van der Waals surface area contributed by atoms with Crippen molar-refractivity contribution in [1.82, 2.24) is 9.97 Å². The highest BCUT2D eigenvalue weighted by atomic mass is 19.5. The van der Waals surface area contributed by atoms with Crippen LogP contribution in [0.3, 0.4) is 0 Å². The van der Waals surface area contributed by atoms with Crippen molar-refractivity contribution in [1.29, 1.82) is 0 Å². The number of halogens is 4. The zero-order valence-corrected chi connectivity index (χ0v) is 19.0. The molecule has 0 saturated carbocycles. The Morgan fingerprint density at radius 2 is 0.829 bits per heavy atom. The lowest BCUT2D eigenvalue weighted by atomic mass is 10.1. The third-order valence-electron chi connectivity index (χ3n) is 4.63. The second kappa shape index (κ2) is 11.3. The first-order chi connectivity index (χ1) is 16.7. The van der Waals surface area contributed by atoms with Gasteiger partial charge in [-0.3, -0.25) is 0 Å². The lowest BCUT2D eigenvalue weighted by molar-refractivity contribution is 0.368. The third-order valence-corrected chi connectivity index (χ3v) is 4.63. The molecule has 0 saturated heterocycles. The fourth-order valence-corrected chi connectivity index (χ4v) is 2.94. The standard InChI is InChI=1S/C24H21N2O4.BF4/c1-27-19-10-4-16(5-11-19)22-25-23(17-6-12-20(28-2)13-7-17)30-24(26-22)18-8-14-21(29-3)15-9-18;2-1(3,4)5/h4-15H,1-3H3;/q+1;-1. The van der Waals surface area contributed by atoms with Gasteiger partial charge in [0.25, 0.3) is 0 Å². The number of hydrogen-bond donors (Lipinski definition) is 0. The predicted molar refractivity (Wildman–Crippen MR) is 125 cm³/mol. The summed E-state index contributed by atoms with van der Waals surface area (Å²) in [5.74, 6) is 3.77. The molecule has 0 atom stereocenters. The molecule has 0 fully saturated rings. The van der Waals surface area contributed by atoms with E-state index in [4.69, 9.17) is 18.6 Å². The maximum Gasteiger partial charge on any atom is 0.673 e. The summed E-state index contributed by atoms with van der Waals surface area (Å²) in [5, 5.41) is 0. The number of hydrogen-bond acceptors (Lipinski definition) is 5. The fraction of sp³-hybridized carbons (Fsp3) is 0.125. The van der Waals surface area contributed by atoms with Gasteiger partial charge >= 0.3 is 19.0 Å². The van der Waals surface area contributed by atoms with Crippen LogP contribution < -0.4 is 14.2 Å². The monoisotopic (exact) mass is 488 g/mol. The molecule has 0 amide bonds. The fourth-order valence-electron chi connectivity index (χ4n) is 2.94. The Labute approximate surface area is 199 Å². The van der Waals surface area contributed by atoms with E-state index in [0.717, 1.165) is 33.9 Å². The van der Waals surface area contributed by atoms with Gasteiger partial charge in [-0.2, -0.15) is 4.42 Å². The van der Waals surface area contributed by atoms with Crippen molar-refractivity contribution in [2.24, 2.45) is 0 Å². The molecule has 6 nitrogen and oxygen atoms in total. The maximum absolute atomic E-state index is 9.75. The van der Waals surface area contributed by atoms with Crippen LogP contribution in [0.4, 0.5) is 17.3 Å². The van der Waals surface area contributed by atoms with Crippen molar-refractivity contribution >= 4 is 7.25 Å². The van der Waals surface area contributed by atoms with E-state index in [1.165, 1.54) is 0 Å². The third kappa shape index (κ3) is 7.43. The molecule has 35 heavy (non-hydrogen) atoms. The minimum Gasteiger partial charge on any atom is -0.497 e. The Balaban J connectivity index is 0.000000623. The summed E-state index contributed by atoms with van der Waals surface area (Å²) in [7, 11) is -1.10. The van der Waals surface area contributed by atoms with E-state index in [1.807, 2.05) is 72.8 Å². The number of ether oxygens (including phenoxy) is 3. The van der Waals surface area contributed by atoms with Crippen molar-refractivity contribution in [2.75, 3.05) is 21.3 Å². The normalized spacial score (nSPS) is 10.7. The van der Waals surface area contributed by atoms with E-state index >= 15 is 0 Å². The van der Waals surface area contributed by atoms with Gasteiger partial charge in [0.15, 0.2) is 5.82 Å². The van der Waals surface area contributed by atoms with Gasteiger partial charge in [-0.15, -0.1) is 9.97 Å². The Morgan fingerprint density at radius 3 is 1.11 bits per heavy atom. The molecule has 0 spiro atoms. The van der Waals surface area contributed by atoms with E-state index in [1.54, 1.807) is 21.3 Å². The molecule has 0 N–H and O–H groups in total. The predicted octanol–water partition coefficient (Wildman–Crippen LogP) is 6.68. The summed E-state index contributed by atoms with van der Waals surface area (Å²) in [6, 6.07) is 22.7. The molecule has 182 valence electrons. The smallest absolute Gasteiger partial charge is 0.497 e. The SMILES string of the molecule is COc1ccc(-c2nc(-c3ccc(OC)cc3)[o+]c(-c3ccc(OC)cc3)n2)cc1.F[B-](F)(F)F. The summed E-state index contributed by atoms with van der Waals surface area (Å²) in [6.45, 7) is 0. The highest BCUT2D eigenvalue weighted by molar-refractivity contribution is 6.50. The molecule has 0 aliphatic carbocycles. The quantitative estimate of drug-likeness (QED) is 0.172. The lowest BCUT2D eigenvalue weighted by Crippen LogP contribution is -2.02. The van der Waals surface area contributed by atoms with Crippen LogP contribution in [0, 0.1) is 0 Å². The number of benzene rings is 3. The van der Waals surface area contributed by atoms with Crippen LogP contribution in [0.2, 0.25) is 0 Å². The minimum absolute atomic E-state index is 0.462. The summed E-state index contributed by atoms with van der Waals surface area (Å²) < 4.78 is 60.8. The first-order valence-corrected chi connectivity index (χ1v) is 10.2. The first kappa shape index (κ1) is 25.5. The lowest BCUT2D eigenvalue weighted by Gasteiger charge is -2.03. The molecule has 0 aliphatic heterocycles. The number of aromatic nitrogens is 2. The van der Waals surface area contributed by atoms with Crippen LogP contribution in [0.15, 0.2) is 77.2 Å². The van der Waals surface area contributed by atoms with Gasteiger partial charge in [0, 0.05) is 5.56 Å². The van der Waals surface area contributed by atoms with Crippen molar-refractivity contribution in [3.63, 3.8) is 0 Å². The van der Waals surface area contributed by atoms with Gasteiger partial charge in [0.2, 0.25) is 0 Å². The molecule has 0 unspecified atom stereocenters. The van der Waals surface area contributed by atoms with Crippen molar-refractivity contribution in [2.45, 2.75) is 0 Å². The molecular weight excluding hydrogens is 467 g/mol. The van der Waals surface area contributed by atoms with Crippen LogP contribution in [0.5, 0.6) is 17.2 Å². The molecule has 0 aliphatic rings.